The average molecular weight is 263 g/mol. The molecular weight excluding hydrogens is 234 g/mol. The van der Waals surface area contributed by atoms with E-state index in [9.17, 15) is 0 Å². The lowest BCUT2D eigenvalue weighted by Gasteiger charge is -2.17. The largest absolute Gasteiger partial charge is 0.496 e. The van der Waals surface area contributed by atoms with Crippen LogP contribution in [0.4, 0.5) is 0 Å². The minimum atomic E-state index is 0.672. The number of aryl methyl sites for hydroxylation is 2. The molecule has 2 nitrogen and oxygen atoms in total. The molecule has 19 heavy (non-hydrogen) atoms. The molecule has 0 bridgehead atoms. The van der Waals surface area contributed by atoms with Crippen LogP contribution in [0.15, 0.2) is 18.2 Å². The number of benzene rings is 1. The molecule has 1 aromatic carbocycles. The van der Waals surface area contributed by atoms with Crippen LogP contribution in [0.25, 0.3) is 0 Å². The van der Waals surface area contributed by atoms with Gasteiger partial charge in [0.05, 0.1) is 7.11 Å². The van der Waals surface area contributed by atoms with Gasteiger partial charge in [0.15, 0.2) is 0 Å². The van der Waals surface area contributed by atoms with Crippen LogP contribution in [-0.4, -0.2) is 19.7 Å². The van der Waals surface area contributed by atoms with Gasteiger partial charge in [0, 0.05) is 6.04 Å². The first-order chi connectivity index (χ1) is 9.21. The summed E-state index contributed by atoms with van der Waals surface area (Å²) in [5.74, 6) is 1.03. The van der Waals surface area contributed by atoms with Crippen molar-refractivity contribution in [2.75, 3.05) is 13.7 Å². The number of rotatable bonds is 9. The first-order valence-corrected chi connectivity index (χ1v) is 7.58. The molecule has 108 valence electrons. The topological polar surface area (TPSA) is 21.3 Å². The summed E-state index contributed by atoms with van der Waals surface area (Å²) in [4.78, 5) is 0. The maximum absolute atomic E-state index is 5.44. The molecule has 0 saturated carbocycles. The van der Waals surface area contributed by atoms with Crippen LogP contribution in [0.3, 0.4) is 0 Å². The maximum atomic E-state index is 5.44. The van der Waals surface area contributed by atoms with Gasteiger partial charge >= 0.3 is 0 Å². The van der Waals surface area contributed by atoms with Gasteiger partial charge in [-0.25, -0.2) is 0 Å². The molecule has 0 aliphatic heterocycles. The summed E-state index contributed by atoms with van der Waals surface area (Å²) in [6.07, 6.45) is 6.11. The third kappa shape index (κ3) is 5.65. The van der Waals surface area contributed by atoms with Gasteiger partial charge in [-0.05, 0) is 50.8 Å². The first kappa shape index (κ1) is 16.0. The number of ether oxygens (including phenoxy) is 1. The Balaban J connectivity index is 2.49. The number of methoxy groups -OCH3 is 1. The molecule has 0 fully saturated rings. The van der Waals surface area contributed by atoms with Crippen molar-refractivity contribution in [3.8, 4) is 5.75 Å². The zero-order valence-corrected chi connectivity index (χ0v) is 13.0. The van der Waals surface area contributed by atoms with Gasteiger partial charge in [-0.1, -0.05) is 38.0 Å². The first-order valence-electron chi connectivity index (χ1n) is 7.58. The van der Waals surface area contributed by atoms with Crippen molar-refractivity contribution in [3.05, 3.63) is 29.3 Å². The van der Waals surface area contributed by atoms with Gasteiger partial charge < -0.3 is 10.1 Å². The Bertz CT molecular complexity index is 356. The van der Waals surface area contributed by atoms with Gasteiger partial charge in [0.2, 0.25) is 0 Å². The average Bonchev–Trinajstić information content (AvgIpc) is 2.39. The summed E-state index contributed by atoms with van der Waals surface area (Å²) in [5, 5.41) is 3.58. The van der Waals surface area contributed by atoms with E-state index in [0.29, 0.717) is 6.04 Å². The fraction of sp³-hybridized carbons (Fsp3) is 0.647. The zero-order chi connectivity index (χ0) is 14.1. The molecule has 0 spiro atoms. The highest BCUT2D eigenvalue weighted by Crippen LogP contribution is 2.22. The zero-order valence-electron chi connectivity index (χ0n) is 13.0. The molecule has 0 saturated heterocycles. The third-order valence-electron chi connectivity index (χ3n) is 3.56. The second-order valence-electron chi connectivity index (χ2n) is 5.25. The van der Waals surface area contributed by atoms with Gasteiger partial charge in [0.25, 0.3) is 0 Å². The molecule has 1 atom stereocenters. The lowest BCUT2D eigenvalue weighted by Crippen LogP contribution is -2.28. The summed E-state index contributed by atoms with van der Waals surface area (Å²) < 4.78 is 5.44. The Morgan fingerprint density at radius 2 is 2.00 bits per heavy atom. The molecular formula is C17H29NO. The van der Waals surface area contributed by atoms with Gasteiger partial charge in [-0.15, -0.1) is 0 Å². The van der Waals surface area contributed by atoms with Gasteiger partial charge in [-0.3, -0.25) is 0 Å². The molecule has 1 aromatic rings. The van der Waals surface area contributed by atoms with Crippen LogP contribution >= 0.6 is 0 Å². The molecule has 0 aliphatic carbocycles. The second-order valence-corrected chi connectivity index (χ2v) is 5.25. The van der Waals surface area contributed by atoms with Gasteiger partial charge in [-0.2, -0.15) is 0 Å². The smallest absolute Gasteiger partial charge is 0.122 e. The molecule has 0 heterocycles. The Morgan fingerprint density at radius 1 is 1.21 bits per heavy atom. The number of nitrogens with one attached hydrogen (secondary N) is 1. The van der Waals surface area contributed by atoms with E-state index in [2.05, 4.69) is 44.3 Å². The van der Waals surface area contributed by atoms with Gasteiger partial charge in [0.1, 0.15) is 5.75 Å². The van der Waals surface area contributed by atoms with E-state index in [4.69, 9.17) is 4.74 Å². The molecule has 0 amide bonds. The van der Waals surface area contributed by atoms with Crippen LogP contribution in [0.1, 0.15) is 50.7 Å². The van der Waals surface area contributed by atoms with E-state index >= 15 is 0 Å². The highest BCUT2D eigenvalue weighted by Gasteiger charge is 2.08. The molecule has 2 heteroatoms. The standard InChI is InChI=1S/C17H29NO/c1-5-8-16(18-6-2)10-7-9-15-13-14(3)11-12-17(15)19-4/h11-13,16,18H,5-10H2,1-4H3. The monoisotopic (exact) mass is 263 g/mol. The minimum Gasteiger partial charge on any atom is -0.496 e. The van der Waals surface area contributed by atoms with E-state index in [0.717, 1.165) is 18.7 Å². The minimum absolute atomic E-state index is 0.672. The third-order valence-corrected chi connectivity index (χ3v) is 3.56. The van der Waals surface area contributed by atoms with Crippen LogP contribution in [0.2, 0.25) is 0 Å². The summed E-state index contributed by atoms with van der Waals surface area (Å²) in [7, 11) is 1.76. The Labute approximate surface area is 118 Å². The maximum Gasteiger partial charge on any atom is 0.122 e. The predicted octanol–water partition coefficient (Wildman–Crippen LogP) is 4.10. The van der Waals surface area contributed by atoms with Crippen LogP contribution in [0.5, 0.6) is 5.75 Å². The van der Waals surface area contributed by atoms with Crippen molar-refractivity contribution < 1.29 is 4.74 Å². The lowest BCUT2D eigenvalue weighted by molar-refractivity contribution is 0.405. The highest BCUT2D eigenvalue weighted by atomic mass is 16.5. The normalized spacial score (nSPS) is 12.4. The van der Waals surface area contributed by atoms with Crippen molar-refractivity contribution in [1.29, 1.82) is 0 Å². The van der Waals surface area contributed by atoms with Crippen molar-refractivity contribution in [1.82, 2.24) is 5.32 Å². The summed E-state index contributed by atoms with van der Waals surface area (Å²) in [6.45, 7) is 7.65. The SMILES string of the molecule is CCCC(CCCc1cc(C)ccc1OC)NCC. The van der Waals surface area contributed by atoms with Crippen LogP contribution in [-0.2, 0) is 6.42 Å². The van der Waals surface area contributed by atoms with E-state index < -0.39 is 0 Å². The molecule has 0 aliphatic rings. The molecule has 1 unspecified atom stereocenters. The Kier molecular flexibility index (Phi) is 7.57. The molecule has 0 aromatic heterocycles. The van der Waals surface area contributed by atoms with Crippen molar-refractivity contribution in [2.24, 2.45) is 0 Å². The lowest BCUT2D eigenvalue weighted by atomic mass is 10.00. The van der Waals surface area contributed by atoms with Crippen molar-refractivity contribution in [3.63, 3.8) is 0 Å². The van der Waals surface area contributed by atoms with Crippen LogP contribution < -0.4 is 10.1 Å². The Morgan fingerprint density at radius 3 is 2.63 bits per heavy atom. The Hall–Kier alpha value is -1.02. The van der Waals surface area contributed by atoms with E-state index in [1.165, 1.54) is 36.8 Å². The molecule has 1 rings (SSSR count). The summed E-state index contributed by atoms with van der Waals surface area (Å²) in [6, 6.07) is 7.12. The number of hydrogen-bond acceptors (Lipinski definition) is 2. The quantitative estimate of drug-likeness (QED) is 0.724. The van der Waals surface area contributed by atoms with E-state index in [1.54, 1.807) is 7.11 Å². The predicted molar refractivity (Wildman–Crippen MR) is 83.0 cm³/mol. The fourth-order valence-electron chi connectivity index (χ4n) is 2.63. The van der Waals surface area contributed by atoms with E-state index in [-0.39, 0.29) is 0 Å². The molecule has 1 N–H and O–H groups in total. The van der Waals surface area contributed by atoms with E-state index in [1.807, 2.05) is 0 Å². The molecule has 0 radical (unpaired) electrons. The van der Waals surface area contributed by atoms with Crippen LogP contribution in [0, 0.1) is 6.92 Å². The highest BCUT2D eigenvalue weighted by molar-refractivity contribution is 5.36. The van der Waals surface area contributed by atoms with Crippen molar-refractivity contribution in [2.45, 2.75) is 58.9 Å². The second kappa shape index (κ2) is 8.98. The summed E-state index contributed by atoms with van der Waals surface area (Å²) in [5.41, 5.74) is 2.65. The summed E-state index contributed by atoms with van der Waals surface area (Å²) >= 11 is 0. The number of hydrogen-bond donors (Lipinski definition) is 1. The fourth-order valence-corrected chi connectivity index (χ4v) is 2.63. The van der Waals surface area contributed by atoms with Crippen molar-refractivity contribution >= 4 is 0 Å².